The van der Waals surface area contributed by atoms with Gasteiger partial charge in [-0.15, -0.1) is 17.8 Å². The Morgan fingerprint density at radius 1 is 1.32 bits per heavy atom. The molecule has 0 aromatic carbocycles. The van der Waals surface area contributed by atoms with Gasteiger partial charge in [-0.3, -0.25) is 9.59 Å². The van der Waals surface area contributed by atoms with Crippen LogP contribution in [0.2, 0.25) is 0 Å². The van der Waals surface area contributed by atoms with Gasteiger partial charge in [-0.05, 0) is 17.9 Å². The fourth-order valence-corrected chi connectivity index (χ4v) is 3.25. The number of amides is 1. The molecule has 0 unspecified atom stereocenters. The highest BCUT2D eigenvalue weighted by Crippen LogP contribution is 2.24. The van der Waals surface area contributed by atoms with E-state index in [1.807, 2.05) is 0 Å². The Morgan fingerprint density at radius 2 is 2.11 bits per heavy atom. The van der Waals surface area contributed by atoms with E-state index in [9.17, 15) is 24.9 Å². The SMILES string of the molecule is C#CCO[C@@H]1[C@@H](OCCCNC(=O)C(=O)c2cccs2)O[C@H](CO)[C@@H](O)[C@@H]1O. The first-order chi connectivity index (χ1) is 13.5. The van der Waals surface area contributed by atoms with Crippen molar-refractivity contribution in [3.63, 3.8) is 0 Å². The van der Waals surface area contributed by atoms with Crippen molar-refractivity contribution in [1.82, 2.24) is 5.32 Å². The van der Waals surface area contributed by atoms with Crippen molar-refractivity contribution in [1.29, 1.82) is 0 Å². The maximum atomic E-state index is 11.8. The van der Waals surface area contributed by atoms with Gasteiger partial charge in [-0.2, -0.15) is 0 Å². The average Bonchev–Trinajstić information content (AvgIpc) is 3.23. The van der Waals surface area contributed by atoms with Crippen LogP contribution in [0.15, 0.2) is 17.5 Å². The molecule has 9 nitrogen and oxygen atoms in total. The number of nitrogens with one attached hydrogen (secondary N) is 1. The van der Waals surface area contributed by atoms with Gasteiger partial charge in [0.15, 0.2) is 6.29 Å². The highest BCUT2D eigenvalue weighted by atomic mass is 32.1. The van der Waals surface area contributed by atoms with E-state index in [2.05, 4.69) is 11.2 Å². The predicted molar refractivity (Wildman–Crippen MR) is 98.6 cm³/mol. The zero-order valence-corrected chi connectivity index (χ0v) is 15.8. The number of rotatable bonds is 10. The van der Waals surface area contributed by atoms with Crippen LogP contribution < -0.4 is 5.32 Å². The zero-order chi connectivity index (χ0) is 20.5. The normalized spacial score (nSPS) is 27.1. The number of carbonyl (C=O) groups excluding carboxylic acids is 2. The van der Waals surface area contributed by atoms with Crippen molar-refractivity contribution in [2.75, 3.05) is 26.4 Å². The van der Waals surface area contributed by atoms with E-state index in [1.165, 1.54) is 11.3 Å². The number of aliphatic hydroxyl groups is 3. The molecule has 2 rings (SSSR count). The number of ketones is 1. The van der Waals surface area contributed by atoms with Gasteiger partial charge >= 0.3 is 0 Å². The molecule has 154 valence electrons. The van der Waals surface area contributed by atoms with Gasteiger partial charge in [-0.25, -0.2) is 0 Å². The summed E-state index contributed by atoms with van der Waals surface area (Å²) in [5.74, 6) is 0.950. The molecule has 1 aromatic heterocycles. The lowest BCUT2D eigenvalue weighted by Crippen LogP contribution is -2.60. The average molecular weight is 413 g/mol. The van der Waals surface area contributed by atoms with Crippen LogP contribution in [0.25, 0.3) is 0 Å². The summed E-state index contributed by atoms with van der Waals surface area (Å²) in [6.07, 6.45) is -0.341. The van der Waals surface area contributed by atoms with Crippen LogP contribution in [0.1, 0.15) is 16.1 Å². The Balaban J connectivity index is 1.78. The highest BCUT2D eigenvalue weighted by Gasteiger charge is 2.45. The molecule has 1 fully saturated rings. The summed E-state index contributed by atoms with van der Waals surface area (Å²) < 4.78 is 16.2. The Bertz CT molecular complexity index is 674. The Kier molecular flexibility index (Phi) is 9.01. The molecule has 1 saturated heterocycles. The van der Waals surface area contributed by atoms with Gasteiger partial charge in [0.1, 0.15) is 31.0 Å². The molecule has 0 bridgehead atoms. The summed E-state index contributed by atoms with van der Waals surface area (Å²) in [5.41, 5.74) is 0. The third-order valence-electron chi connectivity index (χ3n) is 4.02. The summed E-state index contributed by atoms with van der Waals surface area (Å²) in [7, 11) is 0. The quantitative estimate of drug-likeness (QED) is 0.165. The van der Waals surface area contributed by atoms with Crippen molar-refractivity contribution < 1.29 is 39.1 Å². The van der Waals surface area contributed by atoms with Gasteiger partial charge in [0.05, 0.1) is 18.1 Å². The van der Waals surface area contributed by atoms with Gasteiger partial charge in [0.2, 0.25) is 0 Å². The molecule has 0 aliphatic carbocycles. The van der Waals surface area contributed by atoms with Gasteiger partial charge in [-0.1, -0.05) is 12.0 Å². The first-order valence-corrected chi connectivity index (χ1v) is 9.52. The van der Waals surface area contributed by atoms with Crippen molar-refractivity contribution in [2.24, 2.45) is 0 Å². The van der Waals surface area contributed by atoms with Gasteiger partial charge in [0.25, 0.3) is 11.7 Å². The maximum absolute atomic E-state index is 11.8. The van der Waals surface area contributed by atoms with E-state index in [1.54, 1.807) is 17.5 Å². The fourth-order valence-electron chi connectivity index (χ4n) is 2.59. The molecule has 1 aromatic rings. The minimum Gasteiger partial charge on any atom is -0.394 e. The van der Waals surface area contributed by atoms with E-state index >= 15 is 0 Å². The third kappa shape index (κ3) is 5.83. The third-order valence-corrected chi connectivity index (χ3v) is 4.89. The van der Waals surface area contributed by atoms with Crippen LogP contribution in [0, 0.1) is 12.3 Å². The van der Waals surface area contributed by atoms with E-state index < -0.39 is 49.0 Å². The van der Waals surface area contributed by atoms with Crippen molar-refractivity contribution in [3.8, 4) is 12.3 Å². The Hall–Kier alpha value is -1.84. The zero-order valence-electron chi connectivity index (χ0n) is 15.0. The molecule has 1 aliphatic rings. The fraction of sp³-hybridized carbons (Fsp3) is 0.556. The smallest absolute Gasteiger partial charge is 0.293 e. The monoisotopic (exact) mass is 413 g/mol. The van der Waals surface area contributed by atoms with E-state index in [0.29, 0.717) is 11.3 Å². The second kappa shape index (κ2) is 11.2. The number of terminal acetylenes is 1. The molecule has 28 heavy (non-hydrogen) atoms. The number of ether oxygens (including phenoxy) is 3. The number of hydrogen-bond acceptors (Lipinski definition) is 9. The largest absolute Gasteiger partial charge is 0.394 e. The summed E-state index contributed by atoms with van der Waals surface area (Å²) in [5, 5.41) is 33.5. The summed E-state index contributed by atoms with van der Waals surface area (Å²) >= 11 is 1.19. The second-order valence-electron chi connectivity index (χ2n) is 5.97. The standard InChI is InChI=1S/C18H23NO8S/c1-2-7-25-16-15(23)13(21)11(10-20)27-18(16)26-8-4-6-19-17(24)14(22)12-5-3-9-28-12/h1,3,5,9,11,13,15-16,18,20-21,23H,4,6-8,10H2,(H,19,24)/t11-,13-,15+,16+,18+/m1/s1. The molecule has 0 saturated carbocycles. The van der Waals surface area contributed by atoms with Gasteiger partial charge < -0.3 is 34.8 Å². The molecule has 2 heterocycles. The second-order valence-corrected chi connectivity index (χ2v) is 6.92. The predicted octanol–water partition coefficient (Wildman–Crippen LogP) is -1.09. The first kappa shape index (κ1) is 22.4. The molecule has 1 amide bonds. The van der Waals surface area contributed by atoms with Crippen LogP contribution in [-0.4, -0.2) is 84.1 Å². The van der Waals surface area contributed by atoms with E-state index in [0.717, 1.165) is 0 Å². The summed E-state index contributed by atoms with van der Waals surface area (Å²) in [6.45, 7) is -0.342. The van der Waals surface area contributed by atoms with E-state index in [4.69, 9.17) is 20.6 Å². The first-order valence-electron chi connectivity index (χ1n) is 8.64. The van der Waals surface area contributed by atoms with Crippen LogP contribution in [0.4, 0.5) is 0 Å². The molecule has 0 spiro atoms. The minimum atomic E-state index is -1.35. The summed E-state index contributed by atoms with van der Waals surface area (Å²) in [6, 6.07) is 3.26. The lowest BCUT2D eigenvalue weighted by Gasteiger charge is -2.41. The van der Waals surface area contributed by atoms with Crippen LogP contribution >= 0.6 is 11.3 Å². The Morgan fingerprint density at radius 3 is 2.75 bits per heavy atom. The minimum absolute atomic E-state index is 0.106. The molecule has 1 aliphatic heterocycles. The van der Waals surface area contributed by atoms with Crippen molar-refractivity contribution >= 4 is 23.0 Å². The summed E-state index contributed by atoms with van der Waals surface area (Å²) in [4.78, 5) is 24.0. The topological polar surface area (TPSA) is 135 Å². The van der Waals surface area contributed by atoms with Crippen molar-refractivity contribution in [3.05, 3.63) is 22.4 Å². The van der Waals surface area contributed by atoms with Crippen LogP contribution in [0.5, 0.6) is 0 Å². The molecule has 10 heteroatoms. The van der Waals surface area contributed by atoms with Crippen molar-refractivity contribution in [2.45, 2.75) is 37.1 Å². The molecular weight excluding hydrogens is 390 g/mol. The van der Waals surface area contributed by atoms with E-state index in [-0.39, 0.29) is 19.8 Å². The highest BCUT2D eigenvalue weighted by molar-refractivity contribution is 7.13. The number of thiophene rings is 1. The number of aliphatic hydroxyl groups excluding tert-OH is 3. The molecule has 4 N–H and O–H groups in total. The molecule has 0 radical (unpaired) electrons. The molecular formula is C18H23NO8S. The lowest BCUT2D eigenvalue weighted by atomic mass is 9.99. The van der Waals surface area contributed by atoms with Crippen LogP contribution in [0.3, 0.4) is 0 Å². The number of Topliss-reactive ketones (excluding diaryl/α,β-unsaturated/α-hetero) is 1. The number of carbonyl (C=O) groups is 2. The molecule has 5 atom stereocenters. The maximum Gasteiger partial charge on any atom is 0.293 e. The van der Waals surface area contributed by atoms with Crippen LogP contribution in [-0.2, 0) is 19.0 Å². The van der Waals surface area contributed by atoms with Gasteiger partial charge in [0, 0.05) is 6.54 Å². The Labute approximate surface area is 166 Å². The number of hydrogen-bond donors (Lipinski definition) is 4. The lowest BCUT2D eigenvalue weighted by molar-refractivity contribution is -0.308.